The van der Waals surface area contributed by atoms with Gasteiger partial charge in [-0.2, -0.15) is 5.10 Å². The molecule has 4 rings (SSSR count). The largest absolute Gasteiger partial charge is 0.379 e. The summed E-state index contributed by atoms with van der Waals surface area (Å²) in [5.41, 5.74) is 4.15. The summed E-state index contributed by atoms with van der Waals surface area (Å²) in [5.74, 6) is 0.442. The Kier molecular flexibility index (Phi) is 6.01. The first-order valence-electron chi connectivity index (χ1n) is 10.4. The molecule has 0 spiro atoms. The van der Waals surface area contributed by atoms with Crippen LogP contribution in [0.3, 0.4) is 0 Å². The number of hydrogen-bond donors (Lipinski definition) is 2. The van der Waals surface area contributed by atoms with E-state index in [4.69, 9.17) is 0 Å². The minimum Gasteiger partial charge on any atom is -0.379 e. The molecule has 30 heavy (non-hydrogen) atoms. The van der Waals surface area contributed by atoms with E-state index in [0.717, 1.165) is 42.9 Å². The zero-order valence-electron chi connectivity index (χ0n) is 17.5. The molecule has 0 bridgehead atoms. The molecule has 1 unspecified atom stereocenters. The minimum atomic E-state index is -0.505. The molecule has 1 aliphatic heterocycles. The van der Waals surface area contributed by atoms with Crippen molar-refractivity contribution in [1.82, 2.24) is 19.7 Å². The number of pyridine rings is 1. The molecule has 1 fully saturated rings. The number of aryl methyl sites for hydroxylation is 1. The van der Waals surface area contributed by atoms with Gasteiger partial charge in [0.25, 0.3) is 5.56 Å². The van der Waals surface area contributed by atoms with Crippen LogP contribution in [0.2, 0.25) is 0 Å². The monoisotopic (exact) mass is 407 g/mol. The van der Waals surface area contributed by atoms with E-state index < -0.39 is 6.23 Å². The highest BCUT2D eigenvalue weighted by atomic mass is 16.3. The molecule has 2 aromatic heterocycles. The van der Waals surface area contributed by atoms with E-state index in [1.165, 1.54) is 5.56 Å². The summed E-state index contributed by atoms with van der Waals surface area (Å²) in [4.78, 5) is 14.7. The Morgan fingerprint density at radius 3 is 2.83 bits per heavy atom. The summed E-state index contributed by atoms with van der Waals surface area (Å²) in [6, 6.07) is 12.0. The topological polar surface area (TPSA) is 75.3 Å². The molecule has 7 heteroatoms. The van der Waals surface area contributed by atoms with Crippen LogP contribution < -0.4 is 15.8 Å². The van der Waals surface area contributed by atoms with E-state index >= 15 is 0 Å². The van der Waals surface area contributed by atoms with Crippen LogP contribution in [-0.2, 0) is 13.6 Å². The first kappa shape index (κ1) is 20.4. The van der Waals surface area contributed by atoms with Crippen LogP contribution in [0.1, 0.15) is 18.9 Å². The van der Waals surface area contributed by atoms with Crippen molar-refractivity contribution in [3.05, 3.63) is 70.9 Å². The maximum atomic E-state index is 12.4. The van der Waals surface area contributed by atoms with Gasteiger partial charge in [-0.15, -0.1) is 0 Å². The number of aliphatic hydroxyl groups excluding tert-OH is 1. The Balaban J connectivity index is 1.58. The molecule has 0 aliphatic carbocycles. The number of benzene rings is 1. The number of hydrogen-bond acceptors (Lipinski definition) is 5. The summed E-state index contributed by atoms with van der Waals surface area (Å²) in [7, 11) is 1.78. The summed E-state index contributed by atoms with van der Waals surface area (Å²) < 4.78 is 3.55. The van der Waals surface area contributed by atoms with Gasteiger partial charge in [-0.05, 0) is 24.8 Å². The van der Waals surface area contributed by atoms with Crippen molar-refractivity contribution >= 4 is 5.69 Å². The van der Waals surface area contributed by atoms with Gasteiger partial charge >= 0.3 is 0 Å². The Hall–Kier alpha value is -2.90. The SMILES string of the molecule is CC(O)NC[C@@H]1CCN(c2cc(=O)n(C)cc2-c2cnn(Cc3ccccc3)c2)C1. The molecule has 7 nitrogen and oxygen atoms in total. The van der Waals surface area contributed by atoms with E-state index in [0.29, 0.717) is 12.5 Å². The van der Waals surface area contributed by atoms with Gasteiger partial charge in [-0.3, -0.25) is 14.8 Å². The fraction of sp³-hybridized carbons (Fsp3) is 0.391. The van der Waals surface area contributed by atoms with Gasteiger partial charge in [-0.25, -0.2) is 0 Å². The molecule has 2 atom stereocenters. The normalized spacial score (nSPS) is 17.4. The Morgan fingerprint density at radius 1 is 1.27 bits per heavy atom. The predicted molar refractivity (Wildman–Crippen MR) is 118 cm³/mol. The van der Waals surface area contributed by atoms with Gasteiger partial charge in [0.1, 0.15) is 6.23 Å². The van der Waals surface area contributed by atoms with E-state index in [9.17, 15) is 9.90 Å². The zero-order valence-corrected chi connectivity index (χ0v) is 17.5. The molecule has 0 saturated carbocycles. The van der Waals surface area contributed by atoms with Crippen molar-refractivity contribution in [2.45, 2.75) is 26.1 Å². The second-order valence-electron chi connectivity index (χ2n) is 8.12. The lowest BCUT2D eigenvalue weighted by Crippen LogP contribution is -2.32. The molecule has 1 saturated heterocycles. The average molecular weight is 408 g/mol. The Morgan fingerprint density at radius 2 is 2.07 bits per heavy atom. The number of rotatable bonds is 7. The summed E-state index contributed by atoms with van der Waals surface area (Å²) in [5, 5.41) is 17.1. The third kappa shape index (κ3) is 4.63. The molecule has 0 radical (unpaired) electrons. The summed E-state index contributed by atoms with van der Waals surface area (Å²) in [6.45, 7) is 4.96. The molecule has 2 N–H and O–H groups in total. The minimum absolute atomic E-state index is 0.0176. The van der Waals surface area contributed by atoms with Gasteiger partial charge in [0.15, 0.2) is 0 Å². The van der Waals surface area contributed by atoms with Crippen LogP contribution in [0, 0.1) is 5.92 Å². The highest BCUT2D eigenvalue weighted by molar-refractivity contribution is 5.77. The van der Waals surface area contributed by atoms with Crippen molar-refractivity contribution in [2.24, 2.45) is 13.0 Å². The second-order valence-corrected chi connectivity index (χ2v) is 8.12. The van der Waals surface area contributed by atoms with Crippen molar-refractivity contribution in [2.75, 3.05) is 24.5 Å². The molecule has 0 amide bonds. The average Bonchev–Trinajstić information content (AvgIpc) is 3.39. The van der Waals surface area contributed by atoms with Crippen LogP contribution in [0.25, 0.3) is 11.1 Å². The third-order valence-electron chi connectivity index (χ3n) is 5.67. The van der Waals surface area contributed by atoms with Gasteiger partial charge in [0.05, 0.1) is 18.4 Å². The number of aliphatic hydroxyl groups is 1. The van der Waals surface area contributed by atoms with Gasteiger partial charge < -0.3 is 14.6 Å². The van der Waals surface area contributed by atoms with Crippen molar-refractivity contribution in [3.63, 3.8) is 0 Å². The van der Waals surface area contributed by atoms with Crippen LogP contribution >= 0.6 is 0 Å². The van der Waals surface area contributed by atoms with E-state index in [-0.39, 0.29) is 5.56 Å². The first-order chi connectivity index (χ1) is 14.5. The smallest absolute Gasteiger partial charge is 0.252 e. The van der Waals surface area contributed by atoms with E-state index in [1.54, 1.807) is 24.6 Å². The molecule has 3 heterocycles. The highest BCUT2D eigenvalue weighted by Gasteiger charge is 2.25. The number of nitrogens with one attached hydrogen (secondary N) is 1. The fourth-order valence-corrected chi connectivity index (χ4v) is 4.02. The quantitative estimate of drug-likeness (QED) is 0.587. The van der Waals surface area contributed by atoms with Gasteiger partial charge in [0.2, 0.25) is 0 Å². The standard InChI is InChI=1S/C23H29N5O2/c1-17(29)24-11-19-8-9-27(13-19)22-10-23(30)26(2)16-21(22)20-12-25-28(15-20)14-18-6-4-3-5-7-18/h3-7,10,12,15-17,19,24,29H,8-9,11,13-14H2,1-2H3/t17?,19-/m0/s1. The van der Waals surface area contributed by atoms with Crippen LogP contribution in [-0.4, -0.2) is 45.3 Å². The molecule has 158 valence electrons. The van der Waals surface area contributed by atoms with Crippen molar-refractivity contribution < 1.29 is 5.11 Å². The van der Waals surface area contributed by atoms with Crippen LogP contribution in [0.15, 0.2) is 59.8 Å². The first-order valence-corrected chi connectivity index (χ1v) is 10.4. The second kappa shape index (κ2) is 8.85. The summed E-state index contributed by atoms with van der Waals surface area (Å²) in [6.07, 6.45) is 6.34. The Bertz CT molecular complexity index is 1040. The maximum absolute atomic E-state index is 12.4. The highest BCUT2D eigenvalue weighted by Crippen LogP contribution is 2.32. The van der Waals surface area contributed by atoms with Crippen molar-refractivity contribution in [1.29, 1.82) is 0 Å². The van der Waals surface area contributed by atoms with Crippen LogP contribution in [0.4, 0.5) is 5.69 Å². The van der Waals surface area contributed by atoms with Gasteiger partial charge in [-0.1, -0.05) is 30.3 Å². The van der Waals surface area contributed by atoms with Gasteiger partial charge in [0, 0.05) is 56.3 Å². The lowest BCUT2D eigenvalue weighted by Gasteiger charge is -2.22. The molecule has 1 aromatic carbocycles. The molecular weight excluding hydrogens is 378 g/mol. The lowest BCUT2D eigenvalue weighted by molar-refractivity contribution is 0.151. The zero-order chi connectivity index (χ0) is 21.1. The van der Waals surface area contributed by atoms with E-state index in [1.807, 2.05) is 41.5 Å². The summed E-state index contributed by atoms with van der Waals surface area (Å²) >= 11 is 0. The molecular formula is C23H29N5O2. The number of aromatic nitrogens is 3. The Labute approximate surface area is 176 Å². The van der Waals surface area contributed by atoms with Crippen LogP contribution in [0.5, 0.6) is 0 Å². The molecule has 1 aliphatic rings. The maximum Gasteiger partial charge on any atom is 0.252 e. The predicted octanol–water partition coefficient (Wildman–Crippen LogP) is 2.05. The lowest BCUT2D eigenvalue weighted by atomic mass is 10.1. The number of anilines is 1. The number of nitrogens with zero attached hydrogens (tertiary/aromatic N) is 4. The third-order valence-corrected chi connectivity index (χ3v) is 5.67. The fourth-order valence-electron chi connectivity index (χ4n) is 4.02. The van der Waals surface area contributed by atoms with Crippen molar-refractivity contribution in [3.8, 4) is 11.1 Å². The van der Waals surface area contributed by atoms with E-state index in [2.05, 4.69) is 27.4 Å². The molecule has 3 aromatic rings.